The summed E-state index contributed by atoms with van der Waals surface area (Å²) in [6, 6.07) is 8.19. The first-order valence-corrected chi connectivity index (χ1v) is 6.89. The van der Waals surface area contributed by atoms with Crippen LogP contribution in [0.4, 0.5) is 5.69 Å². The molecule has 0 unspecified atom stereocenters. The quantitative estimate of drug-likeness (QED) is 0.324. The molecule has 5 heteroatoms. The first-order chi connectivity index (χ1) is 9.11. The zero-order chi connectivity index (χ0) is 14.1. The summed E-state index contributed by atoms with van der Waals surface area (Å²) >= 11 is 0. The molecule has 0 aromatic heterocycles. The van der Waals surface area contributed by atoms with Crippen LogP contribution in [0.15, 0.2) is 29.3 Å². The Bertz CT molecular complexity index is 408. The molecule has 0 aliphatic carbocycles. The number of ether oxygens (including phenoxy) is 1. The molecule has 0 amide bonds. The van der Waals surface area contributed by atoms with Crippen LogP contribution in [0.2, 0.25) is 0 Å². The number of hydrogen-bond acceptors (Lipinski definition) is 2. The van der Waals surface area contributed by atoms with Gasteiger partial charge in [-0.1, -0.05) is 19.1 Å². The maximum Gasteiger partial charge on any atom is 0.193 e. The van der Waals surface area contributed by atoms with Crippen molar-refractivity contribution in [1.29, 1.82) is 0 Å². The van der Waals surface area contributed by atoms with Crippen LogP contribution < -0.4 is 11.1 Å². The van der Waals surface area contributed by atoms with Gasteiger partial charge in [-0.15, -0.1) is 24.0 Å². The minimum Gasteiger partial charge on any atom is -0.379 e. The number of guanidine groups is 1. The van der Waals surface area contributed by atoms with Gasteiger partial charge in [-0.2, -0.15) is 0 Å². The van der Waals surface area contributed by atoms with Gasteiger partial charge in [-0.25, -0.2) is 0 Å². The second-order valence-electron chi connectivity index (χ2n) is 4.72. The molecule has 3 N–H and O–H groups in total. The average molecular weight is 391 g/mol. The molecule has 0 fully saturated rings. The fraction of sp³-hybridized carbons (Fsp3) is 0.533. The van der Waals surface area contributed by atoms with Crippen LogP contribution in [0.5, 0.6) is 0 Å². The molecule has 0 aliphatic rings. The van der Waals surface area contributed by atoms with Gasteiger partial charge in [0.05, 0.1) is 6.10 Å². The summed E-state index contributed by atoms with van der Waals surface area (Å²) in [6.07, 6.45) is 2.17. The van der Waals surface area contributed by atoms with Crippen molar-refractivity contribution < 1.29 is 4.74 Å². The van der Waals surface area contributed by atoms with E-state index in [9.17, 15) is 0 Å². The highest BCUT2D eigenvalue weighted by Crippen LogP contribution is 2.10. The lowest BCUT2D eigenvalue weighted by Gasteiger charge is -2.08. The van der Waals surface area contributed by atoms with Gasteiger partial charge in [0.1, 0.15) is 0 Å². The maximum absolute atomic E-state index is 5.84. The van der Waals surface area contributed by atoms with Crippen molar-refractivity contribution in [3.05, 3.63) is 29.8 Å². The van der Waals surface area contributed by atoms with Gasteiger partial charge in [0.15, 0.2) is 5.96 Å². The van der Waals surface area contributed by atoms with E-state index in [0.717, 1.165) is 25.1 Å². The molecule has 1 aromatic carbocycles. The number of rotatable bonds is 7. The predicted octanol–water partition coefficient (Wildman–Crippen LogP) is 3.41. The molecule has 1 aromatic rings. The SMILES string of the molecule is CCc1cccc(NC(N)=NCCCOC(C)C)c1.I. The van der Waals surface area contributed by atoms with Crippen molar-refractivity contribution in [1.82, 2.24) is 0 Å². The number of halogens is 1. The number of aliphatic imine (C=N–C) groups is 1. The summed E-state index contributed by atoms with van der Waals surface area (Å²) in [7, 11) is 0. The van der Waals surface area contributed by atoms with E-state index >= 15 is 0 Å². The average Bonchev–Trinajstić information content (AvgIpc) is 2.38. The zero-order valence-electron chi connectivity index (χ0n) is 12.6. The van der Waals surface area contributed by atoms with Crippen LogP contribution in [0.3, 0.4) is 0 Å². The number of benzene rings is 1. The first kappa shape index (κ1) is 19.2. The predicted molar refractivity (Wildman–Crippen MR) is 97.1 cm³/mol. The highest BCUT2D eigenvalue weighted by molar-refractivity contribution is 14.0. The van der Waals surface area contributed by atoms with Gasteiger partial charge in [-0.3, -0.25) is 4.99 Å². The summed E-state index contributed by atoms with van der Waals surface area (Å²) in [5.41, 5.74) is 8.10. The second kappa shape index (κ2) is 10.9. The number of aryl methyl sites for hydroxylation is 1. The number of nitrogens with zero attached hydrogens (tertiary/aromatic N) is 1. The molecule has 0 saturated carbocycles. The molecule has 0 radical (unpaired) electrons. The highest BCUT2D eigenvalue weighted by Gasteiger charge is 1.97. The largest absolute Gasteiger partial charge is 0.379 e. The van der Waals surface area contributed by atoms with E-state index in [1.54, 1.807) is 0 Å². The van der Waals surface area contributed by atoms with Crippen molar-refractivity contribution in [2.75, 3.05) is 18.5 Å². The third kappa shape index (κ3) is 8.37. The van der Waals surface area contributed by atoms with Gasteiger partial charge in [0.25, 0.3) is 0 Å². The molecule has 0 heterocycles. The van der Waals surface area contributed by atoms with Crippen molar-refractivity contribution in [3.8, 4) is 0 Å². The van der Waals surface area contributed by atoms with Gasteiger partial charge in [0.2, 0.25) is 0 Å². The van der Waals surface area contributed by atoms with Gasteiger partial charge in [0, 0.05) is 18.8 Å². The Morgan fingerprint density at radius 1 is 1.40 bits per heavy atom. The Morgan fingerprint density at radius 3 is 2.80 bits per heavy atom. The molecule has 1 rings (SSSR count). The standard InChI is InChI=1S/C15H25N3O.HI/c1-4-13-7-5-8-14(11-13)18-15(16)17-9-6-10-19-12(2)3;/h5,7-8,11-12H,4,6,9-10H2,1-3H3,(H3,16,17,18);1H. The number of nitrogens with two attached hydrogens (primary N) is 1. The van der Waals surface area contributed by atoms with Crippen molar-refractivity contribution in [2.45, 2.75) is 39.7 Å². The molecule has 0 atom stereocenters. The Morgan fingerprint density at radius 2 is 2.15 bits per heavy atom. The van der Waals surface area contributed by atoms with E-state index in [4.69, 9.17) is 10.5 Å². The van der Waals surface area contributed by atoms with Gasteiger partial charge >= 0.3 is 0 Å². The Hall–Kier alpha value is -0.820. The molecular formula is C15H26IN3O. The van der Waals surface area contributed by atoms with E-state index in [-0.39, 0.29) is 30.1 Å². The van der Waals surface area contributed by atoms with E-state index in [1.165, 1.54) is 5.56 Å². The van der Waals surface area contributed by atoms with Crippen molar-refractivity contribution >= 4 is 35.6 Å². The minimum atomic E-state index is 0. The Kier molecular flexibility index (Phi) is 10.5. The fourth-order valence-corrected chi connectivity index (χ4v) is 1.64. The van der Waals surface area contributed by atoms with E-state index in [0.29, 0.717) is 12.5 Å². The van der Waals surface area contributed by atoms with Crippen LogP contribution in [0.25, 0.3) is 0 Å². The first-order valence-electron chi connectivity index (χ1n) is 6.89. The number of hydrogen-bond donors (Lipinski definition) is 2. The molecule has 0 bridgehead atoms. The van der Waals surface area contributed by atoms with Crippen LogP contribution >= 0.6 is 24.0 Å². The van der Waals surface area contributed by atoms with Gasteiger partial charge in [-0.05, 0) is 44.4 Å². The third-order valence-corrected chi connectivity index (χ3v) is 2.64. The normalized spacial score (nSPS) is 11.3. The molecule has 0 aliphatic heterocycles. The molecular weight excluding hydrogens is 365 g/mol. The van der Waals surface area contributed by atoms with Crippen molar-refractivity contribution in [2.24, 2.45) is 10.7 Å². The maximum atomic E-state index is 5.84. The molecule has 114 valence electrons. The second-order valence-corrected chi connectivity index (χ2v) is 4.72. The highest BCUT2D eigenvalue weighted by atomic mass is 127. The number of anilines is 1. The molecule has 0 spiro atoms. The van der Waals surface area contributed by atoms with Crippen molar-refractivity contribution in [3.63, 3.8) is 0 Å². The summed E-state index contributed by atoms with van der Waals surface area (Å²) in [5, 5.41) is 3.10. The smallest absolute Gasteiger partial charge is 0.193 e. The summed E-state index contributed by atoms with van der Waals surface area (Å²) in [5.74, 6) is 0.456. The molecule has 20 heavy (non-hydrogen) atoms. The van der Waals surface area contributed by atoms with Crippen LogP contribution in [-0.4, -0.2) is 25.2 Å². The fourth-order valence-electron chi connectivity index (χ4n) is 1.64. The summed E-state index contributed by atoms with van der Waals surface area (Å²) < 4.78 is 5.44. The van der Waals surface area contributed by atoms with Gasteiger partial charge < -0.3 is 15.8 Å². The van der Waals surface area contributed by atoms with E-state index in [1.807, 2.05) is 26.0 Å². The van der Waals surface area contributed by atoms with E-state index in [2.05, 4.69) is 29.4 Å². The Labute approximate surface area is 139 Å². The minimum absolute atomic E-state index is 0. The topological polar surface area (TPSA) is 59.6 Å². The lowest BCUT2D eigenvalue weighted by molar-refractivity contribution is 0.0783. The van der Waals surface area contributed by atoms with Crippen LogP contribution in [-0.2, 0) is 11.2 Å². The summed E-state index contributed by atoms with van der Waals surface area (Å²) in [6.45, 7) is 7.59. The molecule has 4 nitrogen and oxygen atoms in total. The summed E-state index contributed by atoms with van der Waals surface area (Å²) in [4.78, 5) is 4.28. The lowest BCUT2D eigenvalue weighted by Crippen LogP contribution is -2.23. The molecule has 0 saturated heterocycles. The Balaban J connectivity index is 0.00000361. The monoisotopic (exact) mass is 391 g/mol. The zero-order valence-corrected chi connectivity index (χ0v) is 14.9. The lowest BCUT2D eigenvalue weighted by atomic mass is 10.1. The van der Waals surface area contributed by atoms with Crippen LogP contribution in [0.1, 0.15) is 32.8 Å². The van der Waals surface area contributed by atoms with E-state index < -0.39 is 0 Å². The third-order valence-electron chi connectivity index (χ3n) is 2.64. The number of nitrogens with one attached hydrogen (secondary N) is 1. The van der Waals surface area contributed by atoms with Crippen LogP contribution in [0, 0.1) is 0 Å².